The summed E-state index contributed by atoms with van der Waals surface area (Å²) in [4.78, 5) is 97.7. The summed E-state index contributed by atoms with van der Waals surface area (Å²) >= 11 is 6.79. The van der Waals surface area contributed by atoms with Gasteiger partial charge < -0.3 is 43.4 Å². The summed E-state index contributed by atoms with van der Waals surface area (Å²) in [6, 6.07) is 2.47. The van der Waals surface area contributed by atoms with Crippen LogP contribution in [0.25, 0.3) is 0 Å². The largest absolute Gasteiger partial charge is 0.495 e. The maximum absolute atomic E-state index is 14.3. The Morgan fingerprint density at radius 2 is 1.78 bits per heavy atom. The van der Waals surface area contributed by atoms with E-state index >= 15 is 0 Å². The molecule has 4 bridgehead atoms. The summed E-state index contributed by atoms with van der Waals surface area (Å²) in [6.07, 6.45) is 1.05. The maximum Gasteiger partial charge on any atom is 0.409 e. The molecule has 9 atom stereocenters. The molecule has 5 rings (SSSR count). The molecule has 1 aromatic carbocycles. The Labute approximate surface area is 391 Å². The van der Waals surface area contributed by atoms with Gasteiger partial charge in [0.15, 0.2) is 5.72 Å². The number of imide groups is 1. The van der Waals surface area contributed by atoms with Gasteiger partial charge in [0.1, 0.15) is 40.7 Å². The zero-order valence-corrected chi connectivity index (χ0v) is 40.5. The lowest BCUT2D eigenvalue weighted by Crippen LogP contribution is -2.63. The Morgan fingerprint density at radius 3 is 2.45 bits per heavy atom. The molecular formula is C44H59ClN4O14S2. The van der Waals surface area contributed by atoms with Gasteiger partial charge in [-0.2, -0.15) is 0 Å². The first-order valence-corrected chi connectivity index (χ1v) is 24.1. The van der Waals surface area contributed by atoms with Crippen molar-refractivity contribution in [3.63, 3.8) is 0 Å². The van der Waals surface area contributed by atoms with Crippen LogP contribution in [0.3, 0.4) is 0 Å². The molecule has 3 fully saturated rings. The van der Waals surface area contributed by atoms with Gasteiger partial charge in [-0.3, -0.25) is 24.5 Å². The second-order valence-corrected chi connectivity index (χ2v) is 20.3. The Bertz CT molecular complexity index is 2060. The SMILES string of the molecule is COc1cc2cc(c1Cl)N(C)C(=O)CC(OC(=O)C(C)N(C)C(=O)CCSSC(C)CCC(=O)ON1C(=O)CCC1=O)C1(C)OC1C(C)C1CC(O)(NC(=O)O1)C(OC)C=CC=C(C)C2. The number of ether oxygens (including phenoxy) is 5. The molecule has 0 saturated carbocycles. The molecule has 21 heteroatoms. The molecule has 4 heterocycles. The number of rotatable bonds is 14. The highest BCUT2D eigenvalue weighted by atomic mass is 35.5. The number of benzene rings is 1. The highest BCUT2D eigenvalue weighted by Crippen LogP contribution is 2.49. The second kappa shape index (κ2) is 22.0. The molecule has 9 unspecified atom stereocenters. The van der Waals surface area contributed by atoms with Gasteiger partial charge in [0.05, 0.1) is 25.3 Å². The second-order valence-electron chi connectivity index (χ2n) is 17.0. The molecule has 1 aromatic rings. The van der Waals surface area contributed by atoms with E-state index in [4.69, 9.17) is 40.1 Å². The number of fused-ring (bicyclic) bond motifs is 5. The minimum absolute atomic E-state index is 0.00554. The number of esters is 1. The van der Waals surface area contributed by atoms with E-state index in [0.717, 1.165) is 11.1 Å². The topological polar surface area (TPSA) is 220 Å². The van der Waals surface area contributed by atoms with E-state index in [9.17, 15) is 38.7 Å². The summed E-state index contributed by atoms with van der Waals surface area (Å²) in [5.74, 6) is -3.22. The third-order valence-corrected chi connectivity index (χ3v) is 15.5. The molecule has 2 N–H and O–H groups in total. The number of carbonyl (C=O) groups excluding carboxylic acids is 7. The summed E-state index contributed by atoms with van der Waals surface area (Å²) in [6.45, 7) is 8.79. The van der Waals surface area contributed by atoms with Gasteiger partial charge in [0.25, 0.3) is 11.8 Å². The van der Waals surface area contributed by atoms with Crippen molar-refractivity contribution in [3.8, 4) is 5.75 Å². The van der Waals surface area contributed by atoms with Crippen molar-refractivity contribution in [2.24, 2.45) is 5.92 Å². The van der Waals surface area contributed by atoms with Crippen molar-refractivity contribution in [1.29, 1.82) is 0 Å². The minimum Gasteiger partial charge on any atom is -0.495 e. The number of epoxide rings is 1. The summed E-state index contributed by atoms with van der Waals surface area (Å²) in [5, 5.41) is 15.0. The van der Waals surface area contributed by atoms with Crippen LogP contribution in [0.15, 0.2) is 35.9 Å². The van der Waals surface area contributed by atoms with Crippen LogP contribution in [0.2, 0.25) is 5.02 Å². The van der Waals surface area contributed by atoms with E-state index in [-0.39, 0.29) is 54.7 Å². The molecule has 0 aromatic heterocycles. The number of hydrogen-bond donors (Lipinski definition) is 2. The molecule has 0 aliphatic carbocycles. The Morgan fingerprint density at radius 1 is 1.09 bits per heavy atom. The van der Waals surface area contributed by atoms with Crippen molar-refractivity contribution in [2.75, 3.05) is 39.0 Å². The van der Waals surface area contributed by atoms with Gasteiger partial charge in [0.2, 0.25) is 11.8 Å². The summed E-state index contributed by atoms with van der Waals surface area (Å²) in [5.41, 5.74) is -1.10. The van der Waals surface area contributed by atoms with Gasteiger partial charge >= 0.3 is 18.0 Å². The third kappa shape index (κ3) is 12.6. The summed E-state index contributed by atoms with van der Waals surface area (Å²) < 4.78 is 29.3. The van der Waals surface area contributed by atoms with E-state index in [1.54, 1.807) is 45.2 Å². The van der Waals surface area contributed by atoms with Crippen LogP contribution < -0.4 is 15.0 Å². The van der Waals surface area contributed by atoms with Gasteiger partial charge in [-0.25, -0.2) is 14.4 Å². The summed E-state index contributed by atoms with van der Waals surface area (Å²) in [7, 11) is 8.79. The molecule has 18 nitrogen and oxygen atoms in total. The van der Waals surface area contributed by atoms with Crippen LogP contribution in [0.1, 0.15) is 85.1 Å². The zero-order valence-electron chi connectivity index (χ0n) is 38.1. The molecule has 3 saturated heterocycles. The van der Waals surface area contributed by atoms with E-state index in [1.807, 2.05) is 19.9 Å². The highest BCUT2D eigenvalue weighted by Gasteiger charge is 2.64. The number of likely N-dealkylation sites (N-methyl/N-ethyl adjacent to an activating group) is 1. The monoisotopic (exact) mass is 966 g/mol. The average Bonchev–Trinajstić information content (AvgIpc) is 3.87. The van der Waals surface area contributed by atoms with Crippen LogP contribution >= 0.6 is 33.2 Å². The van der Waals surface area contributed by atoms with Crippen molar-refractivity contribution in [2.45, 2.75) is 133 Å². The molecular weight excluding hydrogens is 908 g/mol. The number of nitrogens with one attached hydrogen (secondary N) is 1. The predicted molar refractivity (Wildman–Crippen MR) is 241 cm³/mol. The van der Waals surface area contributed by atoms with Gasteiger partial charge in [-0.05, 0) is 51.3 Å². The average molecular weight is 968 g/mol. The number of halogens is 1. The van der Waals surface area contributed by atoms with E-state index < -0.39 is 83.5 Å². The highest BCUT2D eigenvalue weighted by molar-refractivity contribution is 8.76. The van der Waals surface area contributed by atoms with Crippen LogP contribution in [-0.4, -0.2) is 138 Å². The first kappa shape index (κ1) is 51.6. The van der Waals surface area contributed by atoms with Crippen molar-refractivity contribution < 1.29 is 67.2 Å². The van der Waals surface area contributed by atoms with Gasteiger partial charge in [-0.15, -0.1) is 5.06 Å². The Balaban J connectivity index is 1.29. The van der Waals surface area contributed by atoms with Crippen LogP contribution in [0.5, 0.6) is 5.75 Å². The quantitative estimate of drug-likeness (QED) is 0.0818. The first-order chi connectivity index (χ1) is 30.6. The fraction of sp³-hybridized carbons (Fsp3) is 0.614. The predicted octanol–water partition coefficient (Wildman–Crippen LogP) is 5.06. The molecule has 5 amide bonds. The number of hydroxylamine groups is 2. The first-order valence-electron chi connectivity index (χ1n) is 21.3. The van der Waals surface area contributed by atoms with Gasteiger partial charge in [0, 0.05) is 70.2 Å². The van der Waals surface area contributed by atoms with E-state index in [0.29, 0.717) is 35.1 Å². The third-order valence-electron chi connectivity index (χ3n) is 12.1. The van der Waals surface area contributed by atoms with Crippen LogP contribution in [-0.2, 0) is 59.0 Å². The molecule has 358 valence electrons. The molecule has 4 aliphatic heterocycles. The van der Waals surface area contributed by atoms with Crippen LogP contribution in [0.4, 0.5) is 10.5 Å². The van der Waals surface area contributed by atoms with E-state index in [2.05, 4.69) is 5.32 Å². The van der Waals surface area contributed by atoms with Crippen molar-refractivity contribution in [3.05, 3.63) is 46.5 Å². The van der Waals surface area contributed by atoms with Crippen molar-refractivity contribution >= 4 is 80.5 Å². The van der Waals surface area contributed by atoms with Crippen molar-refractivity contribution in [1.82, 2.24) is 15.3 Å². The Hall–Kier alpha value is -4.34. The number of aliphatic hydroxyl groups is 1. The van der Waals surface area contributed by atoms with Crippen LogP contribution in [0, 0.1) is 5.92 Å². The number of methoxy groups -OCH3 is 2. The molecule has 0 spiro atoms. The zero-order chi connectivity index (χ0) is 48.0. The van der Waals surface area contributed by atoms with E-state index in [1.165, 1.54) is 59.6 Å². The minimum atomic E-state index is -1.86. The standard InChI is InChI=1S/C44H59ClN4O14S2/c1-24-11-10-12-32(59-9)44(57)23-31(60-42(56)46-44)26(3)40-43(5,62-40)33(22-37(53)48(7)29-20-28(19-24)21-30(58-8)39(29)45)61-41(55)27(4)47(6)34(50)17-18-64-65-25(2)13-16-38(54)63-49-35(51)14-15-36(49)52/h10-12,20-21,25-27,31-33,40,57H,13-19,22-23H2,1-9H3,(H,46,56). The lowest BCUT2D eigenvalue weighted by atomic mass is 9.83. The molecule has 0 radical (unpaired) electrons. The lowest BCUT2D eigenvalue weighted by molar-refractivity contribution is -0.197. The molecule has 4 aliphatic rings. The fourth-order valence-corrected chi connectivity index (χ4v) is 10.5. The number of anilines is 1. The number of allylic oxidation sites excluding steroid dienone is 3. The normalized spacial score (nSPS) is 28.0. The number of carbonyl (C=O) groups is 7. The smallest absolute Gasteiger partial charge is 0.409 e. The lowest BCUT2D eigenvalue weighted by Gasteiger charge is -2.42. The van der Waals surface area contributed by atoms with Gasteiger partial charge in [-0.1, -0.05) is 70.8 Å². The molecule has 65 heavy (non-hydrogen) atoms. The number of alkyl carbamates (subject to hydrolysis) is 1. The maximum atomic E-state index is 14.3. The fourth-order valence-electron chi connectivity index (χ4n) is 7.86. The Kier molecular flexibility index (Phi) is 17.5. The number of nitrogens with zero attached hydrogens (tertiary/aromatic N) is 3. The number of hydrogen-bond acceptors (Lipinski definition) is 16. The number of amides is 5.